The smallest absolute Gasteiger partial charge is 0.241 e. The van der Waals surface area contributed by atoms with Gasteiger partial charge in [-0.2, -0.15) is 0 Å². The highest BCUT2D eigenvalue weighted by Crippen LogP contribution is 2.35. The Hall–Kier alpha value is -2.09. The van der Waals surface area contributed by atoms with Gasteiger partial charge in [-0.05, 0) is 42.3 Å². The van der Waals surface area contributed by atoms with Crippen molar-refractivity contribution in [2.75, 3.05) is 57.4 Å². The number of rotatable bonds is 7. The number of carbonyl (C=O) groups excluding carboxylic acids is 1. The number of ether oxygens (including phenoxy) is 2. The van der Waals surface area contributed by atoms with Crippen LogP contribution in [-0.4, -0.2) is 68.2 Å². The number of fused-ring (bicyclic) bond motifs is 1. The van der Waals surface area contributed by atoms with Crippen molar-refractivity contribution in [2.45, 2.75) is 38.6 Å². The summed E-state index contributed by atoms with van der Waals surface area (Å²) in [5.41, 5.74) is 0.869. The molecule has 1 saturated carbocycles. The average Bonchev–Trinajstić information content (AvgIpc) is 3.37. The Morgan fingerprint density at radius 3 is 2.48 bits per heavy atom. The molecule has 1 aromatic heterocycles. The monoisotopic (exact) mass is 469 g/mol. The molecular weight excluding hydrogens is 434 g/mol. The molecule has 1 saturated heterocycles. The van der Waals surface area contributed by atoms with Crippen LogP contribution in [0.2, 0.25) is 0 Å². The fraction of sp³-hybridized carbons (Fsp3) is 0.577. The number of carbonyl (C=O) groups is 1. The van der Waals surface area contributed by atoms with E-state index in [0.29, 0.717) is 26.3 Å². The van der Waals surface area contributed by atoms with Gasteiger partial charge in [0, 0.05) is 49.4 Å². The first kappa shape index (κ1) is 22.7. The molecule has 5 rings (SSSR count). The second kappa shape index (κ2) is 10.9. The molecule has 33 heavy (non-hydrogen) atoms. The van der Waals surface area contributed by atoms with Gasteiger partial charge in [0.1, 0.15) is 13.2 Å². The molecule has 3 aliphatic rings. The molecule has 2 aromatic rings. The minimum atomic E-state index is 0.140. The van der Waals surface area contributed by atoms with E-state index < -0.39 is 0 Å². The molecule has 6 nitrogen and oxygen atoms in total. The SMILES string of the molecule is O=C(CN1CCN(CC2CCCCC2)CC1)N(Cc1cccs1)c1ccc2c(c1)OCCO2. The summed E-state index contributed by atoms with van der Waals surface area (Å²) in [4.78, 5) is 21.5. The molecule has 2 fully saturated rings. The van der Waals surface area contributed by atoms with Crippen molar-refractivity contribution in [1.29, 1.82) is 0 Å². The second-order valence-corrected chi connectivity index (χ2v) is 10.5. The molecule has 2 aliphatic heterocycles. The lowest BCUT2D eigenvalue weighted by Gasteiger charge is -2.37. The number of benzene rings is 1. The minimum absolute atomic E-state index is 0.140. The molecule has 1 amide bonds. The first-order chi connectivity index (χ1) is 16.2. The zero-order valence-corrected chi connectivity index (χ0v) is 20.2. The summed E-state index contributed by atoms with van der Waals surface area (Å²) in [5.74, 6) is 2.49. The highest BCUT2D eigenvalue weighted by Gasteiger charge is 2.26. The molecule has 1 aliphatic carbocycles. The van der Waals surface area contributed by atoms with Crippen LogP contribution < -0.4 is 14.4 Å². The molecule has 0 atom stereocenters. The molecule has 1 aromatic carbocycles. The Morgan fingerprint density at radius 1 is 0.970 bits per heavy atom. The summed E-state index contributed by atoms with van der Waals surface area (Å²) >= 11 is 1.68. The van der Waals surface area contributed by atoms with Crippen LogP contribution in [0.4, 0.5) is 5.69 Å². The van der Waals surface area contributed by atoms with Gasteiger partial charge in [0.2, 0.25) is 5.91 Å². The van der Waals surface area contributed by atoms with Crippen molar-refractivity contribution < 1.29 is 14.3 Å². The van der Waals surface area contributed by atoms with Crippen LogP contribution in [0.3, 0.4) is 0 Å². The average molecular weight is 470 g/mol. The van der Waals surface area contributed by atoms with E-state index >= 15 is 0 Å². The summed E-state index contributed by atoms with van der Waals surface area (Å²) in [6.07, 6.45) is 7.01. The van der Waals surface area contributed by atoms with Gasteiger partial charge in [0.25, 0.3) is 0 Å². The van der Waals surface area contributed by atoms with Gasteiger partial charge in [-0.3, -0.25) is 9.69 Å². The number of hydrogen-bond donors (Lipinski definition) is 0. The molecule has 0 unspecified atom stereocenters. The number of hydrogen-bond acceptors (Lipinski definition) is 6. The molecule has 3 heterocycles. The highest BCUT2D eigenvalue weighted by molar-refractivity contribution is 7.09. The fourth-order valence-corrected chi connectivity index (χ4v) is 5.92. The van der Waals surface area contributed by atoms with Crippen LogP contribution >= 0.6 is 11.3 Å². The zero-order chi connectivity index (χ0) is 22.5. The predicted octanol–water partition coefficient (Wildman–Crippen LogP) is 4.25. The third kappa shape index (κ3) is 5.89. The van der Waals surface area contributed by atoms with Crippen LogP contribution in [-0.2, 0) is 11.3 Å². The molecular formula is C26H35N3O3S. The third-order valence-corrected chi connectivity index (χ3v) is 7.96. The topological polar surface area (TPSA) is 45.3 Å². The van der Waals surface area contributed by atoms with E-state index in [2.05, 4.69) is 21.2 Å². The molecule has 7 heteroatoms. The Kier molecular flexibility index (Phi) is 7.49. The van der Waals surface area contributed by atoms with E-state index in [-0.39, 0.29) is 5.91 Å². The maximum Gasteiger partial charge on any atom is 0.241 e. The Bertz CT molecular complexity index is 906. The van der Waals surface area contributed by atoms with E-state index in [1.807, 2.05) is 29.2 Å². The van der Waals surface area contributed by atoms with Crippen molar-refractivity contribution in [3.8, 4) is 11.5 Å². The number of amides is 1. The van der Waals surface area contributed by atoms with Crippen LogP contribution in [0.15, 0.2) is 35.7 Å². The predicted molar refractivity (Wildman–Crippen MR) is 132 cm³/mol. The van der Waals surface area contributed by atoms with Crippen LogP contribution in [0.1, 0.15) is 37.0 Å². The van der Waals surface area contributed by atoms with E-state index in [1.165, 1.54) is 43.5 Å². The summed E-state index contributed by atoms with van der Waals surface area (Å²) in [6.45, 7) is 7.45. The normalized spacial score (nSPS) is 20.0. The Balaban J connectivity index is 1.21. The molecule has 0 radical (unpaired) electrons. The maximum atomic E-state index is 13.5. The maximum absolute atomic E-state index is 13.5. The fourth-order valence-electron chi connectivity index (χ4n) is 5.22. The van der Waals surface area contributed by atoms with Crippen molar-refractivity contribution >= 4 is 22.9 Å². The van der Waals surface area contributed by atoms with Gasteiger partial charge in [0.05, 0.1) is 13.1 Å². The lowest BCUT2D eigenvalue weighted by atomic mass is 9.89. The number of nitrogens with zero attached hydrogens (tertiary/aromatic N) is 3. The lowest BCUT2D eigenvalue weighted by Crippen LogP contribution is -2.51. The number of thiophene rings is 1. The first-order valence-corrected chi connectivity index (χ1v) is 13.3. The van der Waals surface area contributed by atoms with Gasteiger partial charge in [0.15, 0.2) is 11.5 Å². The summed E-state index contributed by atoms with van der Waals surface area (Å²) in [7, 11) is 0. The standard InChI is InChI=1S/C26H35N3O3S/c30-26(20-28-12-10-27(11-13-28)18-21-5-2-1-3-6-21)29(19-23-7-4-16-33-23)22-8-9-24-25(17-22)32-15-14-31-24/h4,7-9,16-17,21H,1-3,5-6,10-15,18-20H2. The van der Waals surface area contributed by atoms with Crippen molar-refractivity contribution in [3.63, 3.8) is 0 Å². The molecule has 0 bridgehead atoms. The first-order valence-electron chi connectivity index (χ1n) is 12.4. The highest BCUT2D eigenvalue weighted by atomic mass is 32.1. The summed E-state index contributed by atoms with van der Waals surface area (Å²) < 4.78 is 11.4. The van der Waals surface area contributed by atoms with Crippen molar-refractivity contribution in [2.24, 2.45) is 5.92 Å². The quantitative estimate of drug-likeness (QED) is 0.607. The van der Waals surface area contributed by atoms with Crippen molar-refractivity contribution in [3.05, 3.63) is 40.6 Å². The van der Waals surface area contributed by atoms with Gasteiger partial charge >= 0.3 is 0 Å². The second-order valence-electron chi connectivity index (χ2n) is 9.47. The number of anilines is 1. The number of piperazine rings is 1. The van der Waals surface area contributed by atoms with Gasteiger partial charge < -0.3 is 19.3 Å². The third-order valence-electron chi connectivity index (χ3n) is 7.10. The minimum Gasteiger partial charge on any atom is -0.486 e. The molecule has 0 N–H and O–H groups in total. The Morgan fingerprint density at radius 2 is 1.73 bits per heavy atom. The van der Waals surface area contributed by atoms with Gasteiger partial charge in [-0.25, -0.2) is 0 Å². The van der Waals surface area contributed by atoms with E-state index in [4.69, 9.17) is 9.47 Å². The lowest BCUT2D eigenvalue weighted by molar-refractivity contribution is -0.120. The van der Waals surface area contributed by atoms with E-state index in [1.54, 1.807) is 11.3 Å². The van der Waals surface area contributed by atoms with E-state index in [9.17, 15) is 4.79 Å². The van der Waals surface area contributed by atoms with Gasteiger partial charge in [-0.1, -0.05) is 25.3 Å². The van der Waals surface area contributed by atoms with Crippen LogP contribution in [0.25, 0.3) is 0 Å². The van der Waals surface area contributed by atoms with E-state index in [0.717, 1.165) is 49.3 Å². The molecule has 0 spiro atoms. The summed E-state index contributed by atoms with van der Waals surface area (Å²) in [6, 6.07) is 9.97. The van der Waals surface area contributed by atoms with Crippen LogP contribution in [0.5, 0.6) is 11.5 Å². The van der Waals surface area contributed by atoms with Crippen LogP contribution in [0, 0.1) is 5.92 Å². The van der Waals surface area contributed by atoms with Gasteiger partial charge in [-0.15, -0.1) is 11.3 Å². The Labute approximate surface area is 201 Å². The zero-order valence-electron chi connectivity index (χ0n) is 19.4. The molecule has 178 valence electrons. The largest absolute Gasteiger partial charge is 0.486 e. The van der Waals surface area contributed by atoms with Crippen molar-refractivity contribution in [1.82, 2.24) is 9.80 Å². The summed E-state index contributed by atoms with van der Waals surface area (Å²) in [5, 5.41) is 2.06.